The van der Waals surface area contributed by atoms with Crippen molar-refractivity contribution in [3.05, 3.63) is 60.2 Å². The van der Waals surface area contributed by atoms with Gasteiger partial charge in [-0.1, -0.05) is 32.0 Å². The van der Waals surface area contributed by atoms with Gasteiger partial charge >= 0.3 is 0 Å². The molecule has 0 aromatic heterocycles. The Kier molecular flexibility index (Phi) is 6.37. The van der Waals surface area contributed by atoms with Gasteiger partial charge in [-0.05, 0) is 42.3 Å². The first-order valence-corrected chi connectivity index (χ1v) is 7.90. The third-order valence-electron chi connectivity index (χ3n) is 3.21. The summed E-state index contributed by atoms with van der Waals surface area (Å²) < 4.78 is 5.38. The lowest BCUT2D eigenvalue weighted by Crippen LogP contribution is -2.27. The molecule has 0 unspecified atom stereocenters. The monoisotopic (exact) mass is 326 g/mol. The van der Waals surface area contributed by atoms with Crippen LogP contribution in [0, 0.1) is 5.92 Å². The maximum Gasteiger partial charge on any atom is 0.262 e. The Morgan fingerprint density at radius 3 is 2.29 bits per heavy atom. The van der Waals surface area contributed by atoms with Gasteiger partial charge in [-0.15, -0.1) is 0 Å². The van der Waals surface area contributed by atoms with Crippen LogP contribution in [0.4, 0.5) is 5.69 Å². The Bertz CT molecular complexity index is 667. The topological polar surface area (TPSA) is 67.4 Å². The minimum absolute atomic E-state index is 0.0688. The first-order chi connectivity index (χ1) is 11.5. The molecule has 0 aliphatic rings. The van der Waals surface area contributed by atoms with Crippen LogP contribution >= 0.6 is 0 Å². The minimum Gasteiger partial charge on any atom is -0.484 e. The number of anilines is 1. The smallest absolute Gasteiger partial charge is 0.262 e. The van der Waals surface area contributed by atoms with Crippen molar-refractivity contribution in [2.75, 3.05) is 18.5 Å². The summed E-state index contributed by atoms with van der Waals surface area (Å²) in [4.78, 5) is 23.8. The van der Waals surface area contributed by atoms with E-state index in [1.54, 1.807) is 36.4 Å². The molecule has 5 heteroatoms. The number of para-hydroxylation sites is 1. The van der Waals surface area contributed by atoms with Gasteiger partial charge < -0.3 is 15.4 Å². The van der Waals surface area contributed by atoms with E-state index in [2.05, 4.69) is 10.6 Å². The summed E-state index contributed by atoms with van der Waals surface area (Å²) in [7, 11) is 0. The second-order valence-corrected chi connectivity index (χ2v) is 5.83. The molecule has 5 nitrogen and oxygen atoms in total. The van der Waals surface area contributed by atoms with Gasteiger partial charge in [-0.3, -0.25) is 9.59 Å². The highest BCUT2D eigenvalue weighted by Gasteiger charge is 2.07. The van der Waals surface area contributed by atoms with Crippen LogP contribution in [0.2, 0.25) is 0 Å². The number of nitrogens with one attached hydrogen (secondary N) is 2. The van der Waals surface area contributed by atoms with Crippen LogP contribution in [-0.2, 0) is 4.79 Å². The summed E-state index contributed by atoms with van der Waals surface area (Å²) in [6, 6.07) is 15.9. The molecule has 126 valence electrons. The van der Waals surface area contributed by atoms with Crippen molar-refractivity contribution >= 4 is 17.5 Å². The summed E-state index contributed by atoms with van der Waals surface area (Å²) in [6.45, 7) is 4.64. The molecule has 2 aromatic carbocycles. The van der Waals surface area contributed by atoms with Crippen molar-refractivity contribution in [2.45, 2.75) is 13.8 Å². The predicted molar refractivity (Wildman–Crippen MR) is 94.2 cm³/mol. The van der Waals surface area contributed by atoms with E-state index in [0.717, 1.165) is 0 Å². The normalized spacial score (nSPS) is 10.3. The van der Waals surface area contributed by atoms with Crippen LogP contribution in [0.5, 0.6) is 5.75 Å². The fourth-order valence-corrected chi connectivity index (χ4v) is 1.97. The molecule has 0 saturated heterocycles. The number of rotatable bonds is 7. The quantitative estimate of drug-likeness (QED) is 0.821. The maximum absolute atomic E-state index is 11.9. The summed E-state index contributed by atoms with van der Waals surface area (Å²) in [5.74, 6) is 0.673. The largest absolute Gasteiger partial charge is 0.484 e. The number of benzene rings is 2. The number of carbonyl (C=O) groups is 2. The zero-order valence-corrected chi connectivity index (χ0v) is 13.9. The molecule has 2 aromatic rings. The molecular formula is C19H22N2O3. The van der Waals surface area contributed by atoms with Crippen molar-refractivity contribution in [3.8, 4) is 5.75 Å². The number of hydrogen-bond acceptors (Lipinski definition) is 3. The average Bonchev–Trinajstić information content (AvgIpc) is 2.59. The number of hydrogen-bond donors (Lipinski definition) is 2. The lowest BCUT2D eigenvalue weighted by Gasteiger charge is -2.09. The summed E-state index contributed by atoms with van der Waals surface area (Å²) >= 11 is 0. The highest BCUT2D eigenvalue weighted by Crippen LogP contribution is 2.11. The van der Waals surface area contributed by atoms with Gasteiger partial charge in [-0.25, -0.2) is 0 Å². The molecule has 0 aliphatic carbocycles. The van der Waals surface area contributed by atoms with E-state index >= 15 is 0 Å². The van der Waals surface area contributed by atoms with Crippen molar-refractivity contribution in [1.82, 2.24) is 5.32 Å². The molecule has 0 spiro atoms. The summed E-state index contributed by atoms with van der Waals surface area (Å²) in [5, 5.41) is 5.58. The van der Waals surface area contributed by atoms with E-state index in [4.69, 9.17) is 4.74 Å². The van der Waals surface area contributed by atoms with Crippen LogP contribution in [0.15, 0.2) is 54.6 Å². The van der Waals surface area contributed by atoms with Gasteiger partial charge in [0.05, 0.1) is 0 Å². The van der Waals surface area contributed by atoms with Crippen molar-refractivity contribution in [1.29, 1.82) is 0 Å². The second kappa shape index (κ2) is 8.72. The van der Waals surface area contributed by atoms with Gasteiger partial charge in [0.2, 0.25) is 0 Å². The standard InChI is InChI=1S/C19H22N2O3/c1-14(2)12-20-19(23)15-8-10-16(11-9-15)21-18(22)13-24-17-6-4-3-5-7-17/h3-11,14H,12-13H2,1-2H3,(H,20,23)(H,21,22). The molecule has 2 amide bonds. The van der Waals surface area contributed by atoms with Crippen LogP contribution in [0.3, 0.4) is 0 Å². The zero-order chi connectivity index (χ0) is 17.4. The van der Waals surface area contributed by atoms with Gasteiger partial charge in [0.1, 0.15) is 5.75 Å². The van der Waals surface area contributed by atoms with Crippen LogP contribution < -0.4 is 15.4 Å². The third-order valence-corrected chi connectivity index (χ3v) is 3.21. The molecule has 0 bridgehead atoms. The SMILES string of the molecule is CC(C)CNC(=O)c1ccc(NC(=O)COc2ccccc2)cc1. The van der Waals surface area contributed by atoms with E-state index in [0.29, 0.717) is 29.5 Å². The van der Waals surface area contributed by atoms with Crippen LogP contribution in [0.1, 0.15) is 24.2 Å². The Balaban J connectivity index is 1.82. The van der Waals surface area contributed by atoms with Crippen molar-refractivity contribution in [2.24, 2.45) is 5.92 Å². The van der Waals surface area contributed by atoms with Crippen LogP contribution in [0.25, 0.3) is 0 Å². The molecule has 0 fully saturated rings. The van der Waals surface area contributed by atoms with Gasteiger partial charge in [-0.2, -0.15) is 0 Å². The number of carbonyl (C=O) groups excluding carboxylic acids is 2. The molecule has 24 heavy (non-hydrogen) atoms. The zero-order valence-electron chi connectivity index (χ0n) is 13.9. The first kappa shape index (κ1) is 17.5. The van der Waals surface area contributed by atoms with Gasteiger partial charge in [0.25, 0.3) is 11.8 Å². The van der Waals surface area contributed by atoms with Crippen molar-refractivity contribution in [3.63, 3.8) is 0 Å². The Labute approximate surface area is 142 Å². The molecule has 0 heterocycles. The Hall–Kier alpha value is -2.82. The highest BCUT2D eigenvalue weighted by molar-refractivity contribution is 5.96. The van der Waals surface area contributed by atoms with Gasteiger partial charge in [0.15, 0.2) is 6.61 Å². The van der Waals surface area contributed by atoms with Gasteiger partial charge in [0, 0.05) is 17.8 Å². The lowest BCUT2D eigenvalue weighted by atomic mass is 10.1. The van der Waals surface area contributed by atoms with E-state index in [1.807, 2.05) is 32.0 Å². The molecule has 0 atom stereocenters. The highest BCUT2D eigenvalue weighted by atomic mass is 16.5. The molecular weight excluding hydrogens is 304 g/mol. The molecule has 0 saturated carbocycles. The maximum atomic E-state index is 11.9. The molecule has 0 radical (unpaired) electrons. The van der Waals surface area contributed by atoms with E-state index in [9.17, 15) is 9.59 Å². The predicted octanol–water partition coefficient (Wildman–Crippen LogP) is 3.09. The van der Waals surface area contributed by atoms with Crippen LogP contribution in [-0.4, -0.2) is 25.0 Å². The second-order valence-electron chi connectivity index (χ2n) is 5.83. The number of ether oxygens (including phenoxy) is 1. The molecule has 2 rings (SSSR count). The first-order valence-electron chi connectivity index (χ1n) is 7.90. The van der Waals surface area contributed by atoms with E-state index in [-0.39, 0.29) is 18.4 Å². The minimum atomic E-state index is -0.254. The fraction of sp³-hybridized carbons (Fsp3) is 0.263. The van der Waals surface area contributed by atoms with E-state index in [1.165, 1.54) is 0 Å². The lowest BCUT2D eigenvalue weighted by molar-refractivity contribution is -0.118. The summed E-state index contributed by atoms with van der Waals surface area (Å²) in [5.41, 5.74) is 1.19. The third kappa shape index (κ3) is 5.76. The molecule has 2 N–H and O–H groups in total. The fourth-order valence-electron chi connectivity index (χ4n) is 1.97. The molecule has 0 aliphatic heterocycles. The average molecular weight is 326 g/mol. The van der Waals surface area contributed by atoms with E-state index < -0.39 is 0 Å². The number of amides is 2. The Morgan fingerprint density at radius 2 is 1.67 bits per heavy atom. The van der Waals surface area contributed by atoms with Crippen molar-refractivity contribution < 1.29 is 14.3 Å². The summed E-state index contributed by atoms with van der Waals surface area (Å²) in [6.07, 6.45) is 0. The Morgan fingerprint density at radius 1 is 1.00 bits per heavy atom.